The minimum atomic E-state index is -0.421. The number of rotatable bonds is 5. The molecule has 0 fully saturated rings. The summed E-state index contributed by atoms with van der Waals surface area (Å²) in [6.45, 7) is 6.18. The summed E-state index contributed by atoms with van der Waals surface area (Å²) in [6, 6.07) is 14.3. The molecule has 2 aromatic rings. The quantitative estimate of drug-likeness (QED) is 0.847. The zero-order chi connectivity index (χ0) is 16.1. The highest BCUT2D eigenvalue weighted by Gasteiger charge is 2.16. The van der Waals surface area contributed by atoms with Crippen LogP contribution in [0.3, 0.4) is 0 Å². The van der Waals surface area contributed by atoms with Gasteiger partial charge in [-0.05, 0) is 42.5 Å². The molecular weight excluding hydrogens is 277 g/mol. The lowest BCUT2D eigenvalue weighted by molar-refractivity contribution is -0.117. The van der Waals surface area contributed by atoms with E-state index < -0.39 is 5.82 Å². The molecule has 1 atom stereocenters. The Morgan fingerprint density at radius 2 is 1.68 bits per heavy atom. The molecule has 0 heterocycles. The Morgan fingerprint density at radius 1 is 1.05 bits per heavy atom. The first-order valence-electron chi connectivity index (χ1n) is 7.61. The van der Waals surface area contributed by atoms with E-state index in [1.54, 1.807) is 18.2 Å². The molecule has 1 N–H and O–H groups in total. The summed E-state index contributed by atoms with van der Waals surface area (Å²) in [5.74, 6) is -0.350. The van der Waals surface area contributed by atoms with Crippen LogP contribution in [0.4, 0.5) is 10.1 Å². The number of carbonyl (C=O) groups is 1. The maximum Gasteiger partial charge on any atom is 0.231 e. The smallest absolute Gasteiger partial charge is 0.231 e. The number of benzene rings is 2. The third-order valence-corrected chi connectivity index (χ3v) is 3.65. The molecule has 0 saturated heterocycles. The second-order valence-electron chi connectivity index (χ2n) is 6.03. The van der Waals surface area contributed by atoms with Crippen molar-refractivity contribution in [3.63, 3.8) is 0 Å². The van der Waals surface area contributed by atoms with Gasteiger partial charge < -0.3 is 5.32 Å². The van der Waals surface area contributed by atoms with Gasteiger partial charge in [-0.1, -0.05) is 50.2 Å². The van der Waals surface area contributed by atoms with E-state index in [1.165, 1.54) is 11.6 Å². The van der Waals surface area contributed by atoms with E-state index in [1.807, 2.05) is 19.1 Å². The van der Waals surface area contributed by atoms with Crippen molar-refractivity contribution in [2.24, 2.45) is 5.92 Å². The van der Waals surface area contributed by atoms with Gasteiger partial charge >= 0.3 is 0 Å². The molecule has 0 aliphatic heterocycles. The van der Waals surface area contributed by atoms with Crippen molar-refractivity contribution in [1.82, 2.24) is 0 Å². The first-order chi connectivity index (χ1) is 10.5. The minimum absolute atomic E-state index is 0.207. The summed E-state index contributed by atoms with van der Waals surface area (Å²) >= 11 is 0. The van der Waals surface area contributed by atoms with Crippen molar-refractivity contribution in [3.05, 3.63) is 65.5 Å². The van der Waals surface area contributed by atoms with Gasteiger partial charge in [0.25, 0.3) is 0 Å². The number of anilines is 1. The number of para-hydroxylation sites is 1. The van der Waals surface area contributed by atoms with Crippen molar-refractivity contribution in [3.8, 4) is 0 Å². The predicted molar refractivity (Wildman–Crippen MR) is 88.4 cm³/mol. The van der Waals surface area contributed by atoms with Crippen molar-refractivity contribution >= 4 is 11.6 Å². The highest BCUT2D eigenvalue weighted by atomic mass is 19.1. The Kier molecular flexibility index (Phi) is 5.31. The van der Waals surface area contributed by atoms with Gasteiger partial charge in [-0.2, -0.15) is 0 Å². The molecular formula is C19H22FNO. The normalized spacial score (nSPS) is 12.2. The highest BCUT2D eigenvalue weighted by molar-refractivity contribution is 5.95. The number of nitrogens with one attached hydrogen (secondary N) is 1. The van der Waals surface area contributed by atoms with Crippen LogP contribution >= 0.6 is 0 Å². The van der Waals surface area contributed by atoms with Gasteiger partial charge in [-0.15, -0.1) is 0 Å². The van der Waals surface area contributed by atoms with Crippen LogP contribution in [0, 0.1) is 11.7 Å². The van der Waals surface area contributed by atoms with E-state index in [0.29, 0.717) is 5.92 Å². The molecule has 1 amide bonds. The maximum absolute atomic E-state index is 13.6. The van der Waals surface area contributed by atoms with Crippen LogP contribution < -0.4 is 5.32 Å². The second kappa shape index (κ2) is 7.21. The Hall–Kier alpha value is -2.16. The van der Waals surface area contributed by atoms with E-state index in [4.69, 9.17) is 0 Å². The average molecular weight is 299 g/mol. The van der Waals surface area contributed by atoms with Gasteiger partial charge in [0.1, 0.15) is 5.82 Å². The van der Waals surface area contributed by atoms with Crippen molar-refractivity contribution in [2.45, 2.75) is 33.1 Å². The molecule has 2 rings (SSSR count). The Bertz CT molecular complexity index is 634. The molecule has 2 aromatic carbocycles. The number of carbonyl (C=O) groups excluding carboxylic acids is 1. The third-order valence-electron chi connectivity index (χ3n) is 3.65. The lowest BCUT2D eigenvalue weighted by atomic mass is 9.96. The van der Waals surface area contributed by atoms with Gasteiger partial charge in [0.2, 0.25) is 5.91 Å². The molecule has 2 nitrogen and oxygen atoms in total. The third kappa shape index (κ3) is 4.17. The summed E-state index contributed by atoms with van der Waals surface area (Å²) in [5, 5.41) is 2.64. The van der Waals surface area contributed by atoms with E-state index in [9.17, 15) is 9.18 Å². The second-order valence-corrected chi connectivity index (χ2v) is 6.03. The van der Waals surface area contributed by atoms with Gasteiger partial charge in [-0.3, -0.25) is 4.79 Å². The first kappa shape index (κ1) is 16.2. The standard InChI is InChI=1S/C19H22FNO/c1-13(2)12-15-8-10-16(11-9-15)14(3)19(22)21-18-7-5-4-6-17(18)20/h4-11,13-14H,12H2,1-3H3,(H,21,22)/t14-/m0/s1. The van der Waals surface area contributed by atoms with Crippen molar-refractivity contribution in [2.75, 3.05) is 5.32 Å². The number of amides is 1. The number of halogens is 1. The van der Waals surface area contributed by atoms with Crippen LogP contribution in [0.25, 0.3) is 0 Å². The van der Waals surface area contributed by atoms with Gasteiger partial charge in [0, 0.05) is 0 Å². The zero-order valence-corrected chi connectivity index (χ0v) is 13.3. The predicted octanol–water partition coefficient (Wildman–Crippen LogP) is 4.77. The Morgan fingerprint density at radius 3 is 2.27 bits per heavy atom. The Labute approximate surface area is 131 Å². The Balaban J connectivity index is 2.05. The SMILES string of the molecule is CC(C)Cc1ccc([C@H](C)C(=O)Nc2ccccc2F)cc1. The summed E-state index contributed by atoms with van der Waals surface area (Å²) in [5.41, 5.74) is 2.41. The van der Waals surface area contributed by atoms with Gasteiger partial charge in [-0.25, -0.2) is 4.39 Å². The highest BCUT2D eigenvalue weighted by Crippen LogP contribution is 2.20. The molecule has 0 aliphatic carbocycles. The molecule has 116 valence electrons. The van der Waals surface area contributed by atoms with Gasteiger partial charge in [0.15, 0.2) is 0 Å². The lowest BCUT2D eigenvalue weighted by Crippen LogP contribution is -2.19. The topological polar surface area (TPSA) is 29.1 Å². The minimum Gasteiger partial charge on any atom is -0.323 e. The molecule has 0 radical (unpaired) electrons. The summed E-state index contributed by atoms with van der Waals surface area (Å²) < 4.78 is 13.6. The van der Waals surface area contributed by atoms with Crippen LogP contribution in [0.2, 0.25) is 0 Å². The van der Waals surface area contributed by atoms with Crippen molar-refractivity contribution in [1.29, 1.82) is 0 Å². The lowest BCUT2D eigenvalue weighted by Gasteiger charge is -2.14. The monoisotopic (exact) mass is 299 g/mol. The summed E-state index contributed by atoms with van der Waals surface area (Å²) in [6.07, 6.45) is 1.02. The van der Waals surface area contributed by atoms with Crippen LogP contribution in [0.5, 0.6) is 0 Å². The zero-order valence-electron chi connectivity index (χ0n) is 13.3. The molecule has 0 unspecified atom stereocenters. The average Bonchev–Trinajstić information content (AvgIpc) is 2.49. The number of hydrogen-bond donors (Lipinski definition) is 1. The largest absolute Gasteiger partial charge is 0.323 e. The summed E-state index contributed by atoms with van der Waals surface area (Å²) in [4.78, 5) is 12.3. The maximum atomic E-state index is 13.6. The fourth-order valence-corrected chi connectivity index (χ4v) is 2.37. The molecule has 0 aromatic heterocycles. The number of hydrogen-bond acceptors (Lipinski definition) is 1. The molecule has 0 aliphatic rings. The van der Waals surface area contributed by atoms with Crippen molar-refractivity contribution < 1.29 is 9.18 Å². The van der Waals surface area contributed by atoms with Crippen LogP contribution in [-0.4, -0.2) is 5.91 Å². The fourth-order valence-electron chi connectivity index (χ4n) is 2.37. The van der Waals surface area contributed by atoms with Crippen LogP contribution in [0.15, 0.2) is 48.5 Å². The molecule has 0 spiro atoms. The molecule has 22 heavy (non-hydrogen) atoms. The molecule has 3 heteroatoms. The first-order valence-corrected chi connectivity index (χ1v) is 7.61. The molecule has 0 saturated carbocycles. The molecule has 0 bridgehead atoms. The van der Waals surface area contributed by atoms with E-state index in [2.05, 4.69) is 31.3 Å². The van der Waals surface area contributed by atoms with E-state index in [0.717, 1.165) is 12.0 Å². The summed E-state index contributed by atoms with van der Waals surface area (Å²) in [7, 11) is 0. The van der Waals surface area contributed by atoms with Gasteiger partial charge in [0.05, 0.1) is 11.6 Å². The van der Waals surface area contributed by atoms with Crippen LogP contribution in [0.1, 0.15) is 37.8 Å². The van der Waals surface area contributed by atoms with E-state index >= 15 is 0 Å². The van der Waals surface area contributed by atoms with Crippen LogP contribution in [-0.2, 0) is 11.2 Å². The fraction of sp³-hybridized carbons (Fsp3) is 0.316. The van der Waals surface area contributed by atoms with E-state index in [-0.39, 0.29) is 17.5 Å².